The number of nitrogens with one attached hydrogen (secondary N) is 2. The second-order valence-electron chi connectivity index (χ2n) is 6.74. The molecule has 2 aromatic carbocycles. The predicted molar refractivity (Wildman–Crippen MR) is 115 cm³/mol. The summed E-state index contributed by atoms with van der Waals surface area (Å²) < 4.78 is 7.57. The summed E-state index contributed by atoms with van der Waals surface area (Å²) in [6.07, 6.45) is 3.27. The highest BCUT2D eigenvalue weighted by Crippen LogP contribution is 2.20. The quantitative estimate of drug-likeness (QED) is 0.455. The van der Waals surface area contributed by atoms with E-state index >= 15 is 0 Å². The molecule has 0 bridgehead atoms. The molecular formula is C22H28N6O. The molecule has 29 heavy (non-hydrogen) atoms. The topological polar surface area (TPSA) is 76.4 Å². The van der Waals surface area contributed by atoms with Crippen molar-refractivity contribution >= 4 is 5.96 Å². The average Bonchev–Trinajstić information content (AvgIpc) is 3.23. The maximum absolute atomic E-state index is 5.76. The van der Waals surface area contributed by atoms with E-state index in [1.54, 1.807) is 19.7 Å². The number of aromatic nitrogens is 3. The van der Waals surface area contributed by atoms with E-state index in [1.807, 2.05) is 11.6 Å². The van der Waals surface area contributed by atoms with E-state index in [-0.39, 0.29) is 0 Å². The van der Waals surface area contributed by atoms with E-state index in [9.17, 15) is 0 Å². The first-order valence-electron chi connectivity index (χ1n) is 9.75. The van der Waals surface area contributed by atoms with Crippen LogP contribution < -0.4 is 15.4 Å². The Morgan fingerprint density at radius 3 is 2.69 bits per heavy atom. The van der Waals surface area contributed by atoms with E-state index in [4.69, 9.17) is 4.74 Å². The van der Waals surface area contributed by atoms with Gasteiger partial charge in [-0.1, -0.05) is 36.4 Å². The Hall–Kier alpha value is -3.35. The van der Waals surface area contributed by atoms with Crippen LogP contribution in [0.15, 0.2) is 60.1 Å². The van der Waals surface area contributed by atoms with Gasteiger partial charge in [-0.25, -0.2) is 9.67 Å². The maximum atomic E-state index is 5.76. The molecule has 7 nitrogen and oxygen atoms in total. The highest BCUT2D eigenvalue weighted by atomic mass is 16.5. The van der Waals surface area contributed by atoms with Gasteiger partial charge >= 0.3 is 0 Å². The molecule has 0 spiro atoms. The van der Waals surface area contributed by atoms with E-state index in [0.717, 1.165) is 17.3 Å². The molecule has 0 radical (unpaired) electrons. The fourth-order valence-electron chi connectivity index (χ4n) is 3.02. The van der Waals surface area contributed by atoms with Gasteiger partial charge in [0.15, 0.2) is 5.96 Å². The van der Waals surface area contributed by atoms with Gasteiger partial charge in [0, 0.05) is 25.7 Å². The van der Waals surface area contributed by atoms with Crippen molar-refractivity contribution in [3.63, 3.8) is 0 Å². The van der Waals surface area contributed by atoms with Crippen LogP contribution in [-0.4, -0.2) is 34.4 Å². The van der Waals surface area contributed by atoms with Crippen LogP contribution >= 0.6 is 0 Å². The van der Waals surface area contributed by atoms with Gasteiger partial charge < -0.3 is 15.4 Å². The van der Waals surface area contributed by atoms with E-state index in [0.29, 0.717) is 26.2 Å². The standard InChI is InChI=1S/C22H28N6O/c1-4-29-21-10-17(2)8-9-20(21)13-26-22(23-3)25-12-18-6-5-7-19(11-18)14-28-16-24-15-27-28/h5-11,15-16H,4,12-14H2,1-3H3,(H2,23,25,26). The molecule has 7 heteroatoms. The Morgan fingerprint density at radius 1 is 1.10 bits per heavy atom. The van der Waals surface area contributed by atoms with Crippen LogP contribution in [0.2, 0.25) is 0 Å². The zero-order chi connectivity index (χ0) is 20.5. The van der Waals surface area contributed by atoms with Crippen LogP contribution in [0.4, 0.5) is 0 Å². The molecular weight excluding hydrogens is 364 g/mol. The first-order valence-corrected chi connectivity index (χ1v) is 9.75. The van der Waals surface area contributed by atoms with Crippen molar-refractivity contribution in [2.24, 2.45) is 4.99 Å². The van der Waals surface area contributed by atoms with Crippen molar-refractivity contribution in [1.29, 1.82) is 0 Å². The van der Waals surface area contributed by atoms with Gasteiger partial charge in [0.05, 0.1) is 13.2 Å². The Balaban J connectivity index is 1.56. The third-order valence-corrected chi connectivity index (χ3v) is 4.45. The minimum absolute atomic E-state index is 0.641. The van der Waals surface area contributed by atoms with Crippen LogP contribution in [0.1, 0.15) is 29.2 Å². The van der Waals surface area contributed by atoms with Crippen LogP contribution in [-0.2, 0) is 19.6 Å². The summed E-state index contributed by atoms with van der Waals surface area (Å²) in [5.41, 5.74) is 4.65. The SMILES string of the molecule is CCOc1cc(C)ccc1CNC(=NC)NCc1cccc(Cn2cncn2)c1. The van der Waals surface area contributed by atoms with Gasteiger partial charge in [-0.15, -0.1) is 0 Å². The number of aliphatic imine (C=N–C) groups is 1. The molecule has 0 atom stereocenters. The second kappa shape index (κ2) is 10.3. The van der Waals surface area contributed by atoms with Gasteiger partial charge in [0.2, 0.25) is 0 Å². The molecule has 0 aliphatic heterocycles. The molecule has 0 saturated heterocycles. The molecule has 1 aromatic heterocycles. The van der Waals surface area contributed by atoms with E-state index < -0.39 is 0 Å². The predicted octanol–water partition coefficient (Wildman–Crippen LogP) is 2.90. The van der Waals surface area contributed by atoms with Gasteiger partial charge in [0.1, 0.15) is 18.4 Å². The van der Waals surface area contributed by atoms with Gasteiger partial charge in [-0.2, -0.15) is 5.10 Å². The average molecular weight is 393 g/mol. The number of benzene rings is 2. The van der Waals surface area contributed by atoms with Gasteiger partial charge in [-0.05, 0) is 36.6 Å². The molecule has 3 rings (SSSR count). The minimum atomic E-state index is 0.641. The molecule has 0 saturated carbocycles. The van der Waals surface area contributed by atoms with Crippen LogP contribution in [0.25, 0.3) is 0 Å². The molecule has 0 aliphatic rings. The minimum Gasteiger partial charge on any atom is -0.494 e. The van der Waals surface area contributed by atoms with Crippen LogP contribution in [0.5, 0.6) is 5.75 Å². The number of rotatable bonds is 8. The number of nitrogens with zero attached hydrogens (tertiary/aromatic N) is 4. The van der Waals surface area contributed by atoms with Crippen molar-refractivity contribution in [3.05, 3.63) is 77.4 Å². The van der Waals surface area contributed by atoms with Crippen LogP contribution in [0.3, 0.4) is 0 Å². The lowest BCUT2D eigenvalue weighted by Gasteiger charge is -2.15. The molecule has 2 N–H and O–H groups in total. The van der Waals surface area contributed by atoms with E-state index in [2.05, 4.69) is 75.1 Å². The summed E-state index contributed by atoms with van der Waals surface area (Å²) in [7, 11) is 1.77. The fourth-order valence-corrected chi connectivity index (χ4v) is 3.02. The molecule has 0 fully saturated rings. The summed E-state index contributed by atoms with van der Waals surface area (Å²) in [6, 6.07) is 14.7. The van der Waals surface area contributed by atoms with Crippen molar-refractivity contribution in [1.82, 2.24) is 25.4 Å². The Kier molecular flexibility index (Phi) is 7.22. The molecule has 1 heterocycles. The first-order chi connectivity index (χ1) is 14.2. The Labute approximate surface area is 171 Å². The number of guanidine groups is 1. The van der Waals surface area contributed by atoms with Crippen molar-refractivity contribution in [2.75, 3.05) is 13.7 Å². The molecule has 0 aliphatic carbocycles. The van der Waals surface area contributed by atoms with Crippen molar-refractivity contribution in [3.8, 4) is 5.75 Å². The van der Waals surface area contributed by atoms with Gasteiger partial charge in [-0.3, -0.25) is 4.99 Å². The second-order valence-corrected chi connectivity index (χ2v) is 6.74. The van der Waals surface area contributed by atoms with Crippen molar-refractivity contribution < 1.29 is 4.74 Å². The Morgan fingerprint density at radius 2 is 1.93 bits per heavy atom. The summed E-state index contributed by atoms with van der Waals surface area (Å²) >= 11 is 0. The van der Waals surface area contributed by atoms with Gasteiger partial charge in [0.25, 0.3) is 0 Å². The highest BCUT2D eigenvalue weighted by Gasteiger charge is 2.06. The molecule has 0 amide bonds. The summed E-state index contributed by atoms with van der Waals surface area (Å²) in [5, 5.41) is 10.9. The van der Waals surface area contributed by atoms with Crippen LogP contribution in [0, 0.1) is 6.92 Å². The molecule has 0 unspecified atom stereocenters. The number of hydrogen-bond acceptors (Lipinski definition) is 4. The third kappa shape index (κ3) is 6.07. The maximum Gasteiger partial charge on any atom is 0.191 e. The number of hydrogen-bond donors (Lipinski definition) is 2. The third-order valence-electron chi connectivity index (χ3n) is 4.45. The van der Waals surface area contributed by atoms with Crippen molar-refractivity contribution in [2.45, 2.75) is 33.5 Å². The van der Waals surface area contributed by atoms with E-state index in [1.165, 1.54) is 16.7 Å². The normalized spacial score (nSPS) is 11.3. The lowest BCUT2D eigenvalue weighted by Crippen LogP contribution is -2.36. The lowest BCUT2D eigenvalue weighted by atomic mass is 10.1. The Bertz CT molecular complexity index is 936. The largest absolute Gasteiger partial charge is 0.494 e. The summed E-state index contributed by atoms with van der Waals surface area (Å²) in [4.78, 5) is 8.31. The number of aryl methyl sites for hydroxylation is 1. The number of ether oxygens (including phenoxy) is 1. The fraction of sp³-hybridized carbons (Fsp3) is 0.318. The monoisotopic (exact) mass is 392 g/mol. The zero-order valence-electron chi connectivity index (χ0n) is 17.2. The summed E-state index contributed by atoms with van der Waals surface area (Å²) in [6.45, 7) is 6.73. The first kappa shape index (κ1) is 20.4. The molecule has 3 aromatic rings. The summed E-state index contributed by atoms with van der Waals surface area (Å²) in [5.74, 6) is 1.66. The highest BCUT2D eigenvalue weighted by molar-refractivity contribution is 5.79. The molecule has 152 valence electrons. The smallest absolute Gasteiger partial charge is 0.191 e. The zero-order valence-corrected chi connectivity index (χ0v) is 17.2. The lowest BCUT2D eigenvalue weighted by molar-refractivity contribution is 0.336.